The highest BCUT2D eigenvalue weighted by Crippen LogP contribution is 2.37. The number of fused-ring (bicyclic) bond motifs is 1. The highest BCUT2D eigenvalue weighted by molar-refractivity contribution is 7.99. The van der Waals surface area contributed by atoms with Gasteiger partial charge in [-0.05, 0) is 62.3 Å². The summed E-state index contributed by atoms with van der Waals surface area (Å²) in [6, 6.07) is 4.22. The summed E-state index contributed by atoms with van der Waals surface area (Å²) >= 11 is 1.83. The molecular weight excluding hydrogens is 384 g/mol. The van der Waals surface area contributed by atoms with Crippen LogP contribution in [0.2, 0.25) is 0 Å². The quantitative estimate of drug-likeness (QED) is 0.803. The number of hydrogen-bond donors (Lipinski definition) is 2. The highest BCUT2D eigenvalue weighted by Gasteiger charge is 2.34. The van der Waals surface area contributed by atoms with E-state index >= 15 is 0 Å². The van der Waals surface area contributed by atoms with Crippen LogP contribution in [0, 0.1) is 13.8 Å². The number of aryl methyl sites for hydroxylation is 3. The van der Waals surface area contributed by atoms with Crippen LogP contribution in [0.4, 0.5) is 5.69 Å². The van der Waals surface area contributed by atoms with Gasteiger partial charge in [0.05, 0.1) is 5.92 Å². The second-order valence-electron chi connectivity index (χ2n) is 8.27. The smallest absolute Gasteiger partial charge is 0.228 e. The van der Waals surface area contributed by atoms with Gasteiger partial charge in [0.2, 0.25) is 11.8 Å². The Hall–Kier alpha value is -2.28. The lowest BCUT2D eigenvalue weighted by Crippen LogP contribution is -2.42. The van der Waals surface area contributed by atoms with Gasteiger partial charge in [0, 0.05) is 42.8 Å². The number of carbonyl (C=O) groups is 2. The number of aromatic nitrogens is 2. The van der Waals surface area contributed by atoms with Gasteiger partial charge in [0.25, 0.3) is 0 Å². The zero-order valence-corrected chi connectivity index (χ0v) is 18.0. The first-order valence-electron chi connectivity index (χ1n) is 10.3. The Bertz CT molecular complexity index is 931. The molecule has 0 radical (unpaired) electrons. The average molecular weight is 413 g/mol. The first-order valence-corrected chi connectivity index (χ1v) is 11.1. The fraction of sp³-hybridized carbons (Fsp3) is 0.500. The van der Waals surface area contributed by atoms with Crippen LogP contribution in [-0.2, 0) is 16.6 Å². The monoisotopic (exact) mass is 412 g/mol. The summed E-state index contributed by atoms with van der Waals surface area (Å²) in [6.45, 7) is 4.02. The van der Waals surface area contributed by atoms with Crippen LogP contribution in [0.25, 0.3) is 0 Å². The largest absolute Gasteiger partial charge is 0.353 e. The number of hydrogen-bond acceptors (Lipinski definition) is 4. The molecule has 154 valence electrons. The topological polar surface area (TPSA) is 76.0 Å². The number of carbonyl (C=O) groups excluding carboxylic acids is 2. The van der Waals surface area contributed by atoms with Crippen molar-refractivity contribution < 1.29 is 9.59 Å². The highest BCUT2D eigenvalue weighted by atomic mass is 32.2. The maximum Gasteiger partial charge on any atom is 0.228 e. The van der Waals surface area contributed by atoms with Crippen LogP contribution < -0.4 is 10.6 Å². The van der Waals surface area contributed by atoms with Crippen molar-refractivity contribution in [1.82, 2.24) is 14.9 Å². The molecule has 0 spiro atoms. The third-order valence-corrected chi connectivity index (χ3v) is 7.34. The van der Waals surface area contributed by atoms with E-state index in [9.17, 15) is 9.59 Å². The summed E-state index contributed by atoms with van der Waals surface area (Å²) in [5, 5.41) is 7.75. The molecule has 1 fully saturated rings. The lowest BCUT2D eigenvalue weighted by atomic mass is 9.85. The Morgan fingerprint density at radius 1 is 1.24 bits per heavy atom. The first-order chi connectivity index (χ1) is 13.9. The Kier molecular flexibility index (Phi) is 5.67. The van der Waals surface area contributed by atoms with Crippen molar-refractivity contribution in [2.24, 2.45) is 7.05 Å². The molecule has 1 aliphatic heterocycles. The predicted molar refractivity (Wildman–Crippen MR) is 115 cm³/mol. The van der Waals surface area contributed by atoms with Gasteiger partial charge in [0.15, 0.2) is 5.16 Å². The Morgan fingerprint density at radius 2 is 2.00 bits per heavy atom. The van der Waals surface area contributed by atoms with Crippen molar-refractivity contribution in [2.75, 3.05) is 5.32 Å². The number of nitrogens with one attached hydrogen (secondary N) is 2. The van der Waals surface area contributed by atoms with Gasteiger partial charge in [-0.15, -0.1) is 0 Å². The molecule has 1 unspecified atom stereocenters. The minimum absolute atomic E-state index is 0.0201. The molecule has 1 saturated carbocycles. The molecule has 1 atom stereocenters. The average Bonchev–Trinajstić information content (AvgIpc) is 3.06. The maximum absolute atomic E-state index is 13.1. The van der Waals surface area contributed by atoms with E-state index in [1.54, 1.807) is 0 Å². The van der Waals surface area contributed by atoms with Gasteiger partial charge in [-0.3, -0.25) is 9.59 Å². The molecule has 1 aromatic heterocycles. The SMILES string of the molecule is Cc1cc(C)c2c(c1)NC(=O)CC2C(=O)NC1CCC(Sc2nccn2C)CC1. The first kappa shape index (κ1) is 20.0. The van der Waals surface area contributed by atoms with Crippen molar-refractivity contribution in [3.8, 4) is 0 Å². The Balaban J connectivity index is 1.38. The minimum atomic E-state index is -0.404. The standard InChI is InChI=1S/C22H28N4O2S/c1-13-10-14(2)20-17(12-19(27)25-18(20)11-13)21(28)24-15-4-6-16(7-5-15)29-22-23-8-9-26(22)3/h8-11,15-17H,4-7,12H2,1-3H3,(H,24,28)(H,25,27). The van der Waals surface area contributed by atoms with Crippen LogP contribution in [0.5, 0.6) is 0 Å². The van der Waals surface area contributed by atoms with Crippen LogP contribution in [0.3, 0.4) is 0 Å². The van der Waals surface area contributed by atoms with E-state index in [1.807, 2.05) is 55.7 Å². The number of imidazole rings is 1. The van der Waals surface area contributed by atoms with E-state index in [1.165, 1.54) is 0 Å². The van der Waals surface area contributed by atoms with Crippen LogP contribution in [0.1, 0.15) is 54.7 Å². The van der Waals surface area contributed by atoms with Gasteiger partial charge < -0.3 is 15.2 Å². The van der Waals surface area contributed by atoms with Gasteiger partial charge >= 0.3 is 0 Å². The summed E-state index contributed by atoms with van der Waals surface area (Å²) in [6.07, 6.45) is 8.06. The number of benzene rings is 1. The summed E-state index contributed by atoms with van der Waals surface area (Å²) in [5.41, 5.74) is 3.90. The van der Waals surface area contributed by atoms with Gasteiger partial charge in [-0.1, -0.05) is 17.8 Å². The van der Waals surface area contributed by atoms with Gasteiger partial charge in [0.1, 0.15) is 0 Å². The molecular formula is C22H28N4O2S. The predicted octanol–water partition coefficient (Wildman–Crippen LogP) is 3.68. The van der Waals surface area contributed by atoms with Crippen molar-refractivity contribution in [1.29, 1.82) is 0 Å². The van der Waals surface area contributed by atoms with E-state index in [0.717, 1.165) is 53.2 Å². The third-order valence-electron chi connectivity index (χ3n) is 5.93. The number of anilines is 1. The molecule has 1 aliphatic carbocycles. The molecule has 2 aromatic rings. The van der Waals surface area contributed by atoms with Crippen LogP contribution in [0.15, 0.2) is 29.7 Å². The lowest BCUT2D eigenvalue weighted by Gasteiger charge is -2.32. The van der Waals surface area contributed by atoms with E-state index in [4.69, 9.17) is 0 Å². The molecule has 2 aliphatic rings. The fourth-order valence-electron chi connectivity index (χ4n) is 4.50. The van der Waals surface area contributed by atoms with E-state index in [0.29, 0.717) is 5.25 Å². The number of thioether (sulfide) groups is 1. The van der Waals surface area contributed by atoms with Crippen molar-refractivity contribution in [2.45, 2.75) is 68.3 Å². The third kappa shape index (κ3) is 4.34. The molecule has 1 aromatic carbocycles. The zero-order chi connectivity index (χ0) is 20.5. The molecule has 7 heteroatoms. The number of nitrogens with zero attached hydrogens (tertiary/aromatic N) is 2. The summed E-state index contributed by atoms with van der Waals surface area (Å²) in [4.78, 5) is 29.7. The molecule has 29 heavy (non-hydrogen) atoms. The lowest BCUT2D eigenvalue weighted by molar-refractivity contribution is -0.127. The second-order valence-corrected chi connectivity index (χ2v) is 9.54. The summed E-state index contributed by atoms with van der Waals surface area (Å²) < 4.78 is 2.05. The summed E-state index contributed by atoms with van der Waals surface area (Å²) in [7, 11) is 2.02. The normalized spacial score (nSPS) is 24.0. The Labute approximate surface area is 175 Å². The van der Waals surface area contributed by atoms with E-state index < -0.39 is 5.92 Å². The molecule has 0 bridgehead atoms. The molecule has 2 amide bonds. The number of amides is 2. The Morgan fingerprint density at radius 3 is 2.69 bits per heavy atom. The molecule has 2 N–H and O–H groups in total. The maximum atomic E-state index is 13.1. The summed E-state index contributed by atoms with van der Waals surface area (Å²) in [5.74, 6) is -0.509. The van der Waals surface area contributed by atoms with Gasteiger partial charge in [-0.25, -0.2) is 4.98 Å². The molecule has 6 nitrogen and oxygen atoms in total. The van der Waals surface area contributed by atoms with E-state index in [2.05, 4.69) is 21.7 Å². The second kappa shape index (κ2) is 8.22. The molecule has 2 heterocycles. The van der Waals surface area contributed by atoms with Crippen LogP contribution in [-0.4, -0.2) is 32.7 Å². The van der Waals surface area contributed by atoms with Crippen molar-refractivity contribution in [3.05, 3.63) is 41.2 Å². The van der Waals surface area contributed by atoms with Crippen molar-refractivity contribution >= 4 is 29.3 Å². The minimum Gasteiger partial charge on any atom is -0.353 e. The molecule has 4 rings (SSSR count). The fourth-order valence-corrected chi connectivity index (χ4v) is 5.65. The van der Waals surface area contributed by atoms with Crippen molar-refractivity contribution in [3.63, 3.8) is 0 Å². The number of rotatable bonds is 4. The van der Waals surface area contributed by atoms with Gasteiger partial charge in [-0.2, -0.15) is 0 Å². The zero-order valence-electron chi connectivity index (χ0n) is 17.2. The molecule has 0 saturated heterocycles. The van der Waals surface area contributed by atoms with Crippen LogP contribution >= 0.6 is 11.8 Å². The van der Waals surface area contributed by atoms with E-state index in [-0.39, 0.29) is 24.3 Å².